The Hall–Kier alpha value is -1.60. The van der Waals surface area contributed by atoms with E-state index in [2.05, 4.69) is 28.3 Å². The van der Waals surface area contributed by atoms with Crippen LogP contribution in [0.1, 0.15) is 31.4 Å². The molecule has 2 atom stereocenters. The molecule has 2 unspecified atom stereocenters. The fourth-order valence-electron chi connectivity index (χ4n) is 3.58. The minimum Gasteiger partial charge on any atom is -0.382 e. The first-order chi connectivity index (χ1) is 9.28. The van der Waals surface area contributed by atoms with E-state index in [0.29, 0.717) is 5.69 Å². The van der Waals surface area contributed by atoms with Crippen LogP contribution >= 0.6 is 0 Å². The molecule has 4 nitrogen and oxygen atoms in total. The standard InChI is InChI=1S/C15H20N4/c1-19-12-4-5-13(19)8-11(7-12)10-18-14-3-2-6-17-15(14)9-16/h2-3,6,11-13,18H,4-5,7-8,10H2,1H3. The molecule has 3 heterocycles. The van der Waals surface area contributed by atoms with Crippen LogP contribution in [0.15, 0.2) is 18.3 Å². The Balaban J connectivity index is 1.60. The van der Waals surface area contributed by atoms with E-state index in [-0.39, 0.29) is 0 Å². The second-order valence-electron chi connectivity index (χ2n) is 5.78. The summed E-state index contributed by atoms with van der Waals surface area (Å²) in [4.78, 5) is 6.64. The highest BCUT2D eigenvalue weighted by atomic mass is 15.2. The van der Waals surface area contributed by atoms with Gasteiger partial charge < -0.3 is 10.2 Å². The minimum atomic E-state index is 0.499. The van der Waals surface area contributed by atoms with E-state index >= 15 is 0 Å². The van der Waals surface area contributed by atoms with Crippen molar-refractivity contribution in [2.75, 3.05) is 18.9 Å². The maximum absolute atomic E-state index is 9.03. The Morgan fingerprint density at radius 3 is 2.84 bits per heavy atom. The Morgan fingerprint density at radius 2 is 2.16 bits per heavy atom. The van der Waals surface area contributed by atoms with E-state index in [4.69, 9.17) is 5.26 Å². The average Bonchev–Trinajstić information content (AvgIpc) is 2.67. The van der Waals surface area contributed by atoms with Crippen molar-refractivity contribution >= 4 is 5.69 Å². The first kappa shape index (κ1) is 12.4. The van der Waals surface area contributed by atoms with E-state index in [1.807, 2.05) is 12.1 Å². The van der Waals surface area contributed by atoms with Crippen molar-refractivity contribution in [3.8, 4) is 6.07 Å². The van der Waals surface area contributed by atoms with Gasteiger partial charge in [-0.1, -0.05) is 0 Å². The third-order valence-electron chi connectivity index (χ3n) is 4.69. The summed E-state index contributed by atoms with van der Waals surface area (Å²) < 4.78 is 0. The summed E-state index contributed by atoms with van der Waals surface area (Å²) in [6.07, 6.45) is 6.94. The normalized spacial score (nSPS) is 30.0. The van der Waals surface area contributed by atoms with Gasteiger partial charge in [0.25, 0.3) is 0 Å². The van der Waals surface area contributed by atoms with Gasteiger partial charge in [0.15, 0.2) is 5.69 Å². The highest BCUT2D eigenvalue weighted by Crippen LogP contribution is 2.37. The summed E-state index contributed by atoms with van der Waals surface area (Å²) in [6, 6.07) is 7.50. The maximum Gasteiger partial charge on any atom is 0.163 e. The predicted molar refractivity (Wildman–Crippen MR) is 74.7 cm³/mol. The SMILES string of the molecule is CN1C2CCC1CC(CNc1cccnc1C#N)C2. The monoisotopic (exact) mass is 256 g/mol. The Bertz CT molecular complexity index is 479. The molecule has 3 rings (SSSR count). The van der Waals surface area contributed by atoms with Crippen molar-refractivity contribution < 1.29 is 0 Å². The Morgan fingerprint density at radius 1 is 1.42 bits per heavy atom. The van der Waals surface area contributed by atoms with Crippen LogP contribution in [0, 0.1) is 17.2 Å². The molecular weight excluding hydrogens is 236 g/mol. The van der Waals surface area contributed by atoms with E-state index in [9.17, 15) is 0 Å². The number of nitriles is 1. The zero-order valence-corrected chi connectivity index (χ0v) is 11.3. The fourth-order valence-corrected chi connectivity index (χ4v) is 3.58. The first-order valence-corrected chi connectivity index (χ1v) is 7.09. The molecule has 2 aliphatic rings. The summed E-state index contributed by atoms with van der Waals surface area (Å²) in [5.41, 5.74) is 1.37. The summed E-state index contributed by atoms with van der Waals surface area (Å²) >= 11 is 0. The highest BCUT2D eigenvalue weighted by molar-refractivity contribution is 5.53. The molecule has 0 radical (unpaired) electrons. The lowest BCUT2D eigenvalue weighted by Crippen LogP contribution is -2.41. The summed E-state index contributed by atoms with van der Waals surface area (Å²) in [5, 5.41) is 12.4. The molecule has 2 aliphatic heterocycles. The summed E-state index contributed by atoms with van der Waals surface area (Å²) in [5.74, 6) is 0.723. The topological polar surface area (TPSA) is 52.0 Å². The van der Waals surface area contributed by atoms with Gasteiger partial charge in [0.1, 0.15) is 6.07 Å². The van der Waals surface area contributed by atoms with Crippen molar-refractivity contribution in [1.29, 1.82) is 5.26 Å². The lowest BCUT2D eigenvalue weighted by atomic mass is 9.91. The number of nitrogens with one attached hydrogen (secondary N) is 1. The second-order valence-corrected chi connectivity index (χ2v) is 5.78. The number of aromatic nitrogens is 1. The Labute approximate surface area is 114 Å². The largest absolute Gasteiger partial charge is 0.382 e. The smallest absolute Gasteiger partial charge is 0.163 e. The second kappa shape index (κ2) is 5.18. The highest BCUT2D eigenvalue weighted by Gasteiger charge is 2.38. The first-order valence-electron chi connectivity index (χ1n) is 7.09. The number of fused-ring (bicyclic) bond motifs is 2. The van der Waals surface area contributed by atoms with Crippen LogP contribution in [0.2, 0.25) is 0 Å². The Kier molecular flexibility index (Phi) is 3.39. The van der Waals surface area contributed by atoms with E-state index in [0.717, 1.165) is 30.2 Å². The molecule has 0 saturated carbocycles. The van der Waals surface area contributed by atoms with Crippen molar-refractivity contribution in [1.82, 2.24) is 9.88 Å². The zero-order valence-electron chi connectivity index (χ0n) is 11.3. The number of anilines is 1. The molecule has 2 fully saturated rings. The molecule has 2 bridgehead atoms. The van der Waals surface area contributed by atoms with E-state index in [1.165, 1.54) is 25.7 Å². The third-order valence-corrected chi connectivity index (χ3v) is 4.69. The van der Waals surface area contributed by atoms with Gasteiger partial charge >= 0.3 is 0 Å². The number of rotatable bonds is 3. The molecule has 0 amide bonds. The lowest BCUT2D eigenvalue weighted by Gasteiger charge is -2.36. The number of pyridine rings is 1. The van der Waals surface area contributed by atoms with Crippen LogP contribution in [0.3, 0.4) is 0 Å². The molecule has 4 heteroatoms. The quantitative estimate of drug-likeness (QED) is 0.901. The number of hydrogen-bond acceptors (Lipinski definition) is 4. The molecule has 2 saturated heterocycles. The minimum absolute atomic E-state index is 0.499. The van der Waals surface area contributed by atoms with Crippen LogP contribution in [0.5, 0.6) is 0 Å². The predicted octanol–water partition coefficient (Wildman–Crippen LogP) is 2.24. The van der Waals surface area contributed by atoms with Crippen LogP contribution in [0.25, 0.3) is 0 Å². The van der Waals surface area contributed by atoms with Crippen LogP contribution in [0.4, 0.5) is 5.69 Å². The van der Waals surface area contributed by atoms with Gasteiger partial charge in [-0.2, -0.15) is 5.26 Å². The van der Waals surface area contributed by atoms with Gasteiger partial charge in [-0.05, 0) is 50.8 Å². The van der Waals surface area contributed by atoms with E-state index in [1.54, 1.807) is 6.20 Å². The molecule has 19 heavy (non-hydrogen) atoms. The molecular formula is C15H20N4. The molecule has 0 aromatic carbocycles. The van der Waals surface area contributed by atoms with Gasteiger partial charge in [-0.15, -0.1) is 0 Å². The van der Waals surface area contributed by atoms with Crippen LogP contribution in [-0.4, -0.2) is 35.6 Å². The molecule has 1 aromatic heterocycles. The van der Waals surface area contributed by atoms with Gasteiger partial charge in [-0.3, -0.25) is 0 Å². The van der Waals surface area contributed by atoms with Gasteiger partial charge in [0, 0.05) is 24.8 Å². The van der Waals surface area contributed by atoms with Crippen LogP contribution in [-0.2, 0) is 0 Å². The lowest BCUT2D eigenvalue weighted by molar-refractivity contribution is 0.139. The van der Waals surface area contributed by atoms with Crippen LogP contribution < -0.4 is 5.32 Å². The number of piperidine rings is 1. The number of nitrogens with zero attached hydrogens (tertiary/aromatic N) is 3. The van der Waals surface area contributed by atoms with Gasteiger partial charge in [-0.25, -0.2) is 4.98 Å². The van der Waals surface area contributed by atoms with E-state index < -0.39 is 0 Å². The molecule has 0 aliphatic carbocycles. The maximum atomic E-state index is 9.03. The zero-order chi connectivity index (χ0) is 13.2. The summed E-state index contributed by atoms with van der Waals surface area (Å²) in [6.45, 7) is 0.960. The van der Waals surface area contributed by atoms with Crippen molar-refractivity contribution in [3.63, 3.8) is 0 Å². The molecule has 100 valence electrons. The van der Waals surface area contributed by atoms with Gasteiger partial charge in [0.05, 0.1) is 5.69 Å². The van der Waals surface area contributed by atoms with Crippen molar-refractivity contribution in [2.45, 2.75) is 37.8 Å². The molecule has 1 N–H and O–H groups in total. The molecule has 0 spiro atoms. The van der Waals surface area contributed by atoms with Crippen molar-refractivity contribution in [2.24, 2.45) is 5.92 Å². The molecule has 1 aromatic rings. The van der Waals surface area contributed by atoms with Gasteiger partial charge in [0.2, 0.25) is 0 Å². The number of hydrogen-bond donors (Lipinski definition) is 1. The average molecular weight is 256 g/mol. The third kappa shape index (κ3) is 2.43. The summed E-state index contributed by atoms with van der Waals surface area (Å²) in [7, 11) is 2.26. The fraction of sp³-hybridized carbons (Fsp3) is 0.600. The van der Waals surface area contributed by atoms with Crippen molar-refractivity contribution in [3.05, 3.63) is 24.0 Å².